The first kappa shape index (κ1) is 29.7. The standard InChI is InChI=1S/C34H39B2N3O5/c1-20(2)31(40)43-17-12-37-32(41)39-15-13-38(14-16-39)26-18-23-24(19-27(26)42-5)30-22(10-11-34(35,36)44-30)29-28(23)21-8-6-7-9-25(21)33(29,3)4/h6-11,18-19H,1,12-17,35-36H2,2-5H3,(H,37,41). The average molecular weight is 591 g/mol. The fraction of sp³-hybridized carbons (Fsp3) is 0.353. The van der Waals surface area contributed by atoms with E-state index in [9.17, 15) is 9.59 Å². The van der Waals surface area contributed by atoms with Crippen molar-refractivity contribution in [3.63, 3.8) is 0 Å². The van der Waals surface area contributed by atoms with Crippen LogP contribution in [0.3, 0.4) is 0 Å². The van der Waals surface area contributed by atoms with Gasteiger partial charge in [-0.3, -0.25) is 0 Å². The van der Waals surface area contributed by atoms with Gasteiger partial charge in [0.05, 0.1) is 24.7 Å². The Balaban J connectivity index is 1.33. The van der Waals surface area contributed by atoms with E-state index in [0.29, 0.717) is 31.8 Å². The first-order chi connectivity index (χ1) is 20.9. The maximum Gasteiger partial charge on any atom is 0.333 e. The molecule has 0 unspecified atom stereocenters. The summed E-state index contributed by atoms with van der Waals surface area (Å²) >= 11 is 0. The Morgan fingerprint density at radius 2 is 1.82 bits per heavy atom. The number of anilines is 1. The van der Waals surface area contributed by atoms with Gasteiger partial charge in [0.2, 0.25) is 0 Å². The van der Waals surface area contributed by atoms with Crippen LogP contribution in [0.4, 0.5) is 10.5 Å². The van der Waals surface area contributed by atoms with Gasteiger partial charge in [0, 0.05) is 48.1 Å². The molecular formula is C34H39B2N3O5. The molecule has 0 saturated carbocycles. The van der Waals surface area contributed by atoms with Crippen molar-refractivity contribution in [1.82, 2.24) is 10.2 Å². The number of ether oxygens (including phenoxy) is 3. The van der Waals surface area contributed by atoms with E-state index in [1.807, 2.05) is 0 Å². The van der Waals surface area contributed by atoms with E-state index in [-0.39, 0.29) is 24.6 Å². The summed E-state index contributed by atoms with van der Waals surface area (Å²) in [4.78, 5) is 28.5. The number of nitrogens with one attached hydrogen (secondary N) is 1. The van der Waals surface area contributed by atoms with Gasteiger partial charge in [-0.1, -0.05) is 56.8 Å². The first-order valence-corrected chi connectivity index (χ1v) is 15.2. The largest absolute Gasteiger partial charge is 0.500 e. The number of carbonyl (C=O) groups is 2. The Hall–Kier alpha value is -4.33. The molecule has 2 amide bonds. The molecule has 44 heavy (non-hydrogen) atoms. The Labute approximate surface area is 260 Å². The van der Waals surface area contributed by atoms with E-state index < -0.39 is 11.4 Å². The normalized spacial score (nSPS) is 17.3. The zero-order valence-corrected chi connectivity index (χ0v) is 26.5. The minimum absolute atomic E-state index is 0.107. The van der Waals surface area contributed by atoms with Gasteiger partial charge in [-0.25, -0.2) is 9.59 Å². The van der Waals surface area contributed by atoms with Crippen LogP contribution < -0.4 is 19.7 Å². The molecule has 226 valence electrons. The smallest absolute Gasteiger partial charge is 0.333 e. The zero-order chi connectivity index (χ0) is 31.4. The van der Waals surface area contributed by atoms with Crippen molar-refractivity contribution in [2.24, 2.45) is 0 Å². The van der Waals surface area contributed by atoms with Gasteiger partial charge in [0.15, 0.2) is 15.7 Å². The highest BCUT2D eigenvalue weighted by molar-refractivity contribution is 6.41. The summed E-state index contributed by atoms with van der Waals surface area (Å²) in [5.74, 6) is 1.22. The lowest BCUT2D eigenvalue weighted by Gasteiger charge is -2.37. The average Bonchev–Trinajstić information content (AvgIpc) is 3.25. The molecule has 0 spiro atoms. The molecule has 3 aliphatic rings. The molecule has 0 aromatic heterocycles. The lowest BCUT2D eigenvalue weighted by Crippen LogP contribution is -2.52. The summed E-state index contributed by atoms with van der Waals surface area (Å²) in [5.41, 5.74) is 7.39. The number of urea groups is 1. The van der Waals surface area contributed by atoms with Crippen molar-refractivity contribution in [2.45, 2.75) is 31.6 Å². The third-order valence-corrected chi connectivity index (χ3v) is 8.98. The number of piperazine rings is 1. The Kier molecular flexibility index (Phi) is 7.42. The van der Waals surface area contributed by atoms with Gasteiger partial charge in [-0.15, -0.1) is 0 Å². The second-order valence-corrected chi connectivity index (χ2v) is 12.9. The van der Waals surface area contributed by atoms with Crippen molar-refractivity contribution in [3.8, 4) is 22.6 Å². The van der Waals surface area contributed by atoms with Crippen LogP contribution in [0.15, 0.2) is 54.6 Å². The van der Waals surface area contributed by atoms with Gasteiger partial charge >= 0.3 is 12.0 Å². The molecule has 8 nitrogen and oxygen atoms in total. The molecule has 10 heteroatoms. The van der Waals surface area contributed by atoms with Crippen LogP contribution in [-0.2, 0) is 14.9 Å². The minimum Gasteiger partial charge on any atom is -0.500 e. The summed E-state index contributed by atoms with van der Waals surface area (Å²) in [6.07, 6.45) is 4.39. The van der Waals surface area contributed by atoms with E-state index in [2.05, 4.69) is 94.9 Å². The lowest BCUT2D eigenvalue weighted by atomic mass is 9.63. The van der Waals surface area contributed by atoms with Crippen molar-refractivity contribution < 1.29 is 23.8 Å². The quantitative estimate of drug-likeness (QED) is 0.205. The molecule has 3 aromatic carbocycles. The van der Waals surface area contributed by atoms with Crippen molar-refractivity contribution in [3.05, 3.63) is 71.3 Å². The van der Waals surface area contributed by atoms with Crippen molar-refractivity contribution in [1.29, 1.82) is 0 Å². The van der Waals surface area contributed by atoms with Crippen LogP contribution in [0, 0.1) is 0 Å². The number of methoxy groups -OCH3 is 1. The highest BCUT2D eigenvalue weighted by Crippen LogP contribution is 2.57. The van der Waals surface area contributed by atoms with E-state index in [1.165, 1.54) is 22.3 Å². The number of hydrogen-bond donors (Lipinski definition) is 1. The van der Waals surface area contributed by atoms with Gasteiger partial charge in [0.1, 0.15) is 18.1 Å². The highest BCUT2D eigenvalue weighted by Gasteiger charge is 2.41. The van der Waals surface area contributed by atoms with Gasteiger partial charge in [0.25, 0.3) is 0 Å². The summed E-state index contributed by atoms with van der Waals surface area (Å²) in [5, 5.41) is 4.59. The molecule has 6 rings (SSSR count). The maximum absolute atomic E-state index is 12.8. The molecule has 0 atom stereocenters. The fourth-order valence-corrected chi connectivity index (χ4v) is 6.75. The Morgan fingerprint density at radius 1 is 1.09 bits per heavy atom. The Bertz CT molecular complexity index is 1720. The molecule has 1 N–H and O–H groups in total. The molecule has 2 heterocycles. The molecule has 3 aromatic rings. The van der Waals surface area contributed by atoms with Gasteiger partial charge in [-0.2, -0.15) is 0 Å². The van der Waals surface area contributed by atoms with Crippen LogP contribution in [0.2, 0.25) is 0 Å². The van der Waals surface area contributed by atoms with Crippen LogP contribution in [-0.4, -0.2) is 84.4 Å². The molecule has 2 aliphatic heterocycles. The molecule has 0 radical (unpaired) electrons. The summed E-state index contributed by atoms with van der Waals surface area (Å²) in [7, 11) is 5.88. The van der Waals surface area contributed by atoms with Gasteiger partial charge < -0.3 is 29.3 Å². The Morgan fingerprint density at radius 3 is 2.52 bits per heavy atom. The zero-order valence-electron chi connectivity index (χ0n) is 26.5. The molecule has 0 bridgehead atoms. The number of amides is 2. The summed E-state index contributed by atoms with van der Waals surface area (Å²) < 4.78 is 17.8. The van der Waals surface area contributed by atoms with Crippen molar-refractivity contribution in [2.75, 3.05) is 51.3 Å². The van der Waals surface area contributed by atoms with Gasteiger partial charge in [-0.05, 0) is 46.7 Å². The topological polar surface area (TPSA) is 80.3 Å². The number of hydrogen-bond acceptors (Lipinski definition) is 6. The van der Waals surface area contributed by atoms with E-state index in [4.69, 9.17) is 14.2 Å². The van der Waals surface area contributed by atoms with Crippen molar-refractivity contribution >= 4 is 50.2 Å². The monoisotopic (exact) mass is 591 g/mol. The van der Waals surface area contributed by atoms with Crippen LogP contribution in [0.25, 0.3) is 28.0 Å². The van der Waals surface area contributed by atoms with E-state index in [0.717, 1.165) is 33.5 Å². The molecule has 1 saturated heterocycles. The van der Waals surface area contributed by atoms with Crippen LogP contribution in [0.1, 0.15) is 37.5 Å². The number of fused-ring (bicyclic) bond motifs is 8. The highest BCUT2D eigenvalue weighted by atomic mass is 16.5. The second-order valence-electron chi connectivity index (χ2n) is 12.9. The first-order valence-electron chi connectivity index (χ1n) is 15.2. The van der Waals surface area contributed by atoms with Crippen LogP contribution >= 0.6 is 0 Å². The third kappa shape index (κ3) is 5.00. The SMILES string of the molecule is BC1(B)C=Cc2c3c(c4cc(N5CCN(C(=O)NCCOC(=O)C(=C)C)CC5)c(OC)cc4c2O1)-c1ccccc1C3(C)C. The number of rotatable bonds is 6. The minimum atomic E-state index is -0.456. The predicted octanol–water partition coefficient (Wildman–Crippen LogP) is 3.43. The number of nitrogens with zero attached hydrogens (tertiary/aromatic N) is 2. The summed E-state index contributed by atoms with van der Waals surface area (Å²) in [6, 6.07) is 12.9. The lowest BCUT2D eigenvalue weighted by molar-refractivity contribution is -0.138. The number of benzene rings is 3. The summed E-state index contributed by atoms with van der Waals surface area (Å²) in [6.45, 7) is 12.5. The van der Waals surface area contributed by atoms with E-state index in [1.54, 1.807) is 18.9 Å². The molecular weight excluding hydrogens is 552 g/mol. The van der Waals surface area contributed by atoms with E-state index >= 15 is 0 Å². The number of esters is 1. The molecule has 1 fully saturated rings. The van der Waals surface area contributed by atoms with Crippen LogP contribution in [0.5, 0.6) is 11.5 Å². The predicted molar refractivity (Wildman–Crippen MR) is 181 cm³/mol. The second kappa shape index (κ2) is 11.0. The maximum atomic E-state index is 12.8. The molecule has 1 aliphatic carbocycles. The third-order valence-electron chi connectivity index (χ3n) is 8.98. The fourth-order valence-electron chi connectivity index (χ4n) is 6.75. The number of carbonyl (C=O) groups excluding carboxylic acids is 2.